The second-order valence-corrected chi connectivity index (χ2v) is 3.87. The first-order chi connectivity index (χ1) is 7.85. The Hall–Kier alpha value is -1.29. The molecular weight excluding hydrogens is 202 g/mol. The molecule has 0 unspecified atom stereocenters. The second-order valence-electron chi connectivity index (χ2n) is 3.87. The molecule has 1 N–H and O–H groups in total. The van der Waals surface area contributed by atoms with E-state index in [0.717, 1.165) is 25.5 Å². The summed E-state index contributed by atoms with van der Waals surface area (Å²) in [6.45, 7) is 7.88. The molecule has 4 heteroatoms. The monoisotopic (exact) mass is 221 g/mol. The molecule has 1 aliphatic rings. The standard InChI is InChI=1S/C12H19N3O/c1-3-15(10-8-13-9-10)11-6-5-7-12(14-11)16-4-2/h5-7,10,13H,3-4,8-9H2,1-2H3. The van der Waals surface area contributed by atoms with Crippen LogP contribution in [0, 0.1) is 0 Å². The number of nitrogens with zero attached hydrogens (tertiary/aromatic N) is 2. The van der Waals surface area contributed by atoms with E-state index in [-0.39, 0.29) is 0 Å². The maximum Gasteiger partial charge on any atom is 0.215 e. The van der Waals surface area contributed by atoms with Crippen molar-refractivity contribution in [2.75, 3.05) is 31.1 Å². The number of hydrogen-bond donors (Lipinski definition) is 1. The number of pyridine rings is 1. The molecule has 1 aromatic heterocycles. The molecule has 1 fully saturated rings. The molecule has 0 atom stereocenters. The zero-order valence-corrected chi connectivity index (χ0v) is 9.94. The Morgan fingerprint density at radius 3 is 2.81 bits per heavy atom. The van der Waals surface area contributed by atoms with Gasteiger partial charge in [0.2, 0.25) is 5.88 Å². The third-order valence-corrected chi connectivity index (χ3v) is 2.84. The minimum atomic E-state index is 0.578. The van der Waals surface area contributed by atoms with Crippen LogP contribution in [0.15, 0.2) is 18.2 Å². The van der Waals surface area contributed by atoms with Crippen molar-refractivity contribution >= 4 is 5.82 Å². The summed E-state index contributed by atoms with van der Waals surface area (Å²) >= 11 is 0. The molecule has 0 radical (unpaired) electrons. The van der Waals surface area contributed by atoms with Crippen molar-refractivity contribution in [1.29, 1.82) is 0 Å². The van der Waals surface area contributed by atoms with Gasteiger partial charge in [-0.3, -0.25) is 0 Å². The lowest BCUT2D eigenvalue weighted by atomic mass is 10.1. The first-order valence-electron chi connectivity index (χ1n) is 5.92. The number of ether oxygens (including phenoxy) is 1. The summed E-state index contributed by atoms with van der Waals surface area (Å²) in [6.07, 6.45) is 0. The average molecular weight is 221 g/mol. The van der Waals surface area contributed by atoms with Gasteiger partial charge < -0.3 is 15.0 Å². The van der Waals surface area contributed by atoms with Gasteiger partial charge in [-0.2, -0.15) is 4.98 Å². The number of aromatic nitrogens is 1. The Morgan fingerprint density at radius 2 is 2.25 bits per heavy atom. The fraction of sp³-hybridized carbons (Fsp3) is 0.583. The van der Waals surface area contributed by atoms with Gasteiger partial charge in [0.15, 0.2) is 0 Å². The minimum Gasteiger partial charge on any atom is -0.478 e. The lowest BCUT2D eigenvalue weighted by molar-refractivity contribution is 0.326. The van der Waals surface area contributed by atoms with Gasteiger partial charge in [-0.05, 0) is 19.9 Å². The van der Waals surface area contributed by atoms with Crippen molar-refractivity contribution in [2.45, 2.75) is 19.9 Å². The topological polar surface area (TPSA) is 37.4 Å². The Balaban J connectivity index is 2.13. The molecule has 0 amide bonds. The maximum atomic E-state index is 5.42. The Morgan fingerprint density at radius 1 is 1.44 bits per heavy atom. The van der Waals surface area contributed by atoms with Crippen LogP contribution in [0.1, 0.15) is 13.8 Å². The molecule has 88 valence electrons. The van der Waals surface area contributed by atoms with Crippen LogP contribution < -0.4 is 15.0 Å². The quantitative estimate of drug-likeness (QED) is 0.812. The minimum absolute atomic E-state index is 0.578. The van der Waals surface area contributed by atoms with Crippen LogP contribution in [0.5, 0.6) is 5.88 Å². The highest BCUT2D eigenvalue weighted by atomic mass is 16.5. The Labute approximate surface area is 96.6 Å². The van der Waals surface area contributed by atoms with Gasteiger partial charge in [-0.25, -0.2) is 0 Å². The van der Waals surface area contributed by atoms with Crippen LogP contribution in [0.2, 0.25) is 0 Å². The van der Waals surface area contributed by atoms with Crippen LogP contribution in [0.4, 0.5) is 5.82 Å². The summed E-state index contributed by atoms with van der Waals surface area (Å²) < 4.78 is 5.42. The van der Waals surface area contributed by atoms with Crippen LogP contribution in [0.3, 0.4) is 0 Å². The third-order valence-electron chi connectivity index (χ3n) is 2.84. The molecule has 0 bridgehead atoms. The van der Waals surface area contributed by atoms with Gasteiger partial charge in [-0.1, -0.05) is 6.07 Å². The van der Waals surface area contributed by atoms with E-state index in [1.165, 1.54) is 0 Å². The summed E-state index contributed by atoms with van der Waals surface area (Å²) in [5, 5.41) is 3.28. The molecule has 16 heavy (non-hydrogen) atoms. The van der Waals surface area contributed by atoms with Crippen LogP contribution in [-0.4, -0.2) is 37.3 Å². The summed E-state index contributed by atoms with van der Waals surface area (Å²) in [5.41, 5.74) is 0. The largest absolute Gasteiger partial charge is 0.478 e. The van der Waals surface area contributed by atoms with Gasteiger partial charge in [0, 0.05) is 25.7 Å². The Kier molecular flexibility index (Phi) is 3.62. The van der Waals surface area contributed by atoms with Crippen molar-refractivity contribution in [3.63, 3.8) is 0 Å². The lowest BCUT2D eigenvalue weighted by Gasteiger charge is -2.38. The smallest absolute Gasteiger partial charge is 0.215 e. The van der Waals surface area contributed by atoms with E-state index in [2.05, 4.69) is 22.1 Å². The SMILES string of the molecule is CCOc1cccc(N(CC)C2CNC2)n1. The summed E-state index contributed by atoms with van der Waals surface area (Å²) in [7, 11) is 0. The van der Waals surface area contributed by atoms with Crippen LogP contribution in [0.25, 0.3) is 0 Å². The average Bonchev–Trinajstić information content (AvgIpc) is 2.24. The zero-order chi connectivity index (χ0) is 11.4. The number of likely N-dealkylation sites (N-methyl/N-ethyl adjacent to an activating group) is 1. The van der Waals surface area contributed by atoms with Gasteiger partial charge in [0.25, 0.3) is 0 Å². The van der Waals surface area contributed by atoms with Gasteiger partial charge in [0.05, 0.1) is 12.6 Å². The van der Waals surface area contributed by atoms with Crippen molar-refractivity contribution < 1.29 is 4.74 Å². The van der Waals surface area contributed by atoms with Gasteiger partial charge in [-0.15, -0.1) is 0 Å². The van der Waals surface area contributed by atoms with Gasteiger partial charge in [0.1, 0.15) is 5.82 Å². The fourth-order valence-corrected chi connectivity index (χ4v) is 1.89. The normalized spacial score (nSPS) is 15.6. The molecular formula is C12H19N3O. The second kappa shape index (κ2) is 5.16. The van der Waals surface area contributed by atoms with E-state index < -0.39 is 0 Å². The molecule has 0 spiro atoms. The number of anilines is 1. The zero-order valence-electron chi connectivity index (χ0n) is 9.94. The summed E-state index contributed by atoms with van der Waals surface area (Å²) in [4.78, 5) is 6.83. The summed E-state index contributed by atoms with van der Waals surface area (Å²) in [5.74, 6) is 1.73. The van der Waals surface area contributed by atoms with E-state index in [1.807, 2.05) is 25.1 Å². The predicted octanol–water partition coefficient (Wildman–Crippen LogP) is 1.28. The highest BCUT2D eigenvalue weighted by Gasteiger charge is 2.24. The number of rotatable bonds is 5. The maximum absolute atomic E-state index is 5.42. The van der Waals surface area contributed by atoms with E-state index in [4.69, 9.17) is 4.74 Å². The van der Waals surface area contributed by atoms with Crippen LogP contribution in [-0.2, 0) is 0 Å². The number of hydrogen-bond acceptors (Lipinski definition) is 4. The van der Waals surface area contributed by atoms with E-state index >= 15 is 0 Å². The first kappa shape index (κ1) is 11.2. The van der Waals surface area contributed by atoms with Gasteiger partial charge >= 0.3 is 0 Å². The molecule has 1 aliphatic heterocycles. The Bertz CT molecular complexity index is 339. The molecule has 4 nitrogen and oxygen atoms in total. The molecule has 0 aliphatic carbocycles. The van der Waals surface area contributed by atoms with Crippen LogP contribution >= 0.6 is 0 Å². The molecule has 2 heterocycles. The third kappa shape index (κ3) is 2.27. The first-order valence-corrected chi connectivity index (χ1v) is 5.92. The number of nitrogens with one attached hydrogen (secondary N) is 1. The summed E-state index contributed by atoms with van der Waals surface area (Å²) in [6, 6.07) is 6.53. The van der Waals surface area contributed by atoms with Crippen molar-refractivity contribution in [3.05, 3.63) is 18.2 Å². The fourth-order valence-electron chi connectivity index (χ4n) is 1.89. The molecule has 0 saturated carbocycles. The molecule has 1 aromatic rings. The molecule has 0 aromatic carbocycles. The molecule has 1 saturated heterocycles. The molecule has 2 rings (SSSR count). The highest BCUT2D eigenvalue weighted by molar-refractivity contribution is 5.42. The predicted molar refractivity (Wildman–Crippen MR) is 65.1 cm³/mol. The van der Waals surface area contributed by atoms with E-state index in [9.17, 15) is 0 Å². The van der Waals surface area contributed by atoms with Crippen molar-refractivity contribution in [2.24, 2.45) is 0 Å². The lowest BCUT2D eigenvalue weighted by Crippen LogP contribution is -2.57. The van der Waals surface area contributed by atoms with E-state index in [0.29, 0.717) is 18.5 Å². The van der Waals surface area contributed by atoms with Crippen molar-refractivity contribution in [1.82, 2.24) is 10.3 Å². The van der Waals surface area contributed by atoms with Crippen molar-refractivity contribution in [3.8, 4) is 5.88 Å². The van der Waals surface area contributed by atoms with E-state index in [1.54, 1.807) is 0 Å². The highest BCUT2D eigenvalue weighted by Crippen LogP contribution is 2.19.